The fourth-order valence-electron chi connectivity index (χ4n) is 4.43. The minimum absolute atomic E-state index is 0.159. The predicted octanol–water partition coefficient (Wildman–Crippen LogP) is 1.68. The Morgan fingerprint density at radius 3 is 2.56 bits per heavy atom. The van der Waals surface area contributed by atoms with Gasteiger partial charge in [0, 0.05) is 23.6 Å². The highest BCUT2D eigenvalue weighted by Gasteiger charge is 2.40. The lowest BCUT2D eigenvalue weighted by atomic mass is 9.82. The number of H-pyrrole nitrogens is 1. The number of carboxylic acids is 1. The average Bonchev–Trinajstić information content (AvgIpc) is 3.22. The van der Waals surface area contributed by atoms with Crippen LogP contribution in [0.5, 0.6) is 0 Å². The SMILES string of the molecule is NCCCNC(=O)C(C1CCCCC1)N(CC(=O)O)C(=O)C(=O)c1c[nH]c2ccccc12. The van der Waals surface area contributed by atoms with E-state index in [1.165, 1.54) is 6.20 Å². The number of carboxylic acid groups (broad SMARTS) is 1. The number of aromatic amines is 1. The number of nitrogens with zero attached hydrogens (tertiary/aromatic N) is 1. The maximum atomic E-state index is 13.3. The van der Waals surface area contributed by atoms with Crippen LogP contribution in [0.25, 0.3) is 10.9 Å². The van der Waals surface area contributed by atoms with Gasteiger partial charge in [0.05, 0.1) is 5.56 Å². The Kier molecular flexibility index (Phi) is 7.99. The van der Waals surface area contributed by atoms with E-state index in [0.717, 1.165) is 24.2 Å². The van der Waals surface area contributed by atoms with E-state index in [1.807, 2.05) is 0 Å². The topological polar surface area (TPSA) is 146 Å². The van der Waals surface area contributed by atoms with Gasteiger partial charge in [0.1, 0.15) is 12.6 Å². The summed E-state index contributed by atoms with van der Waals surface area (Å²) in [6.45, 7) is -0.00630. The third-order valence-corrected chi connectivity index (χ3v) is 5.98. The van der Waals surface area contributed by atoms with E-state index < -0.39 is 36.2 Å². The molecule has 2 amide bonds. The molecule has 1 unspecified atom stereocenters. The van der Waals surface area contributed by atoms with E-state index in [2.05, 4.69) is 10.3 Å². The van der Waals surface area contributed by atoms with Gasteiger partial charge in [0.25, 0.3) is 11.7 Å². The third-order valence-electron chi connectivity index (χ3n) is 5.98. The van der Waals surface area contributed by atoms with Crippen LogP contribution in [0, 0.1) is 5.92 Å². The van der Waals surface area contributed by atoms with Crippen molar-refractivity contribution in [2.45, 2.75) is 44.6 Å². The second kappa shape index (κ2) is 10.9. The second-order valence-electron chi connectivity index (χ2n) is 8.18. The molecule has 172 valence electrons. The molecule has 3 rings (SSSR count). The molecule has 1 aliphatic rings. The molecule has 9 heteroatoms. The van der Waals surface area contributed by atoms with Gasteiger partial charge in [-0.2, -0.15) is 0 Å². The van der Waals surface area contributed by atoms with Crippen molar-refractivity contribution in [3.63, 3.8) is 0 Å². The van der Waals surface area contributed by atoms with Crippen molar-refractivity contribution in [3.8, 4) is 0 Å². The Labute approximate surface area is 186 Å². The summed E-state index contributed by atoms with van der Waals surface area (Å²) in [5.41, 5.74) is 6.36. The standard InChI is InChI=1S/C23H30N4O5/c24-11-6-12-25-22(31)20(15-7-2-1-3-8-15)27(14-19(28)29)23(32)21(30)17-13-26-18-10-5-4-9-16(17)18/h4-5,9-10,13,15,20,26H,1-3,6-8,11-12,14,24H2,(H,25,31)(H,28,29). The Hall–Kier alpha value is -3.20. The maximum Gasteiger partial charge on any atom is 0.323 e. The van der Waals surface area contributed by atoms with Gasteiger partial charge in [-0.3, -0.25) is 19.2 Å². The first-order chi connectivity index (χ1) is 15.4. The van der Waals surface area contributed by atoms with Crippen molar-refractivity contribution in [1.29, 1.82) is 0 Å². The fraction of sp³-hybridized carbons (Fsp3) is 0.478. The molecule has 0 bridgehead atoms. The maximum absolute atomic E-state index is 13.3. The van der Waals surface area contributed by atoms with Gasteiger partial charge in [-0.25, -0.2) is 0 Å². The Bertz CT molecular complexity index is 980. The Morgan fingerprint density at radius 1 is 1.16 bits per heavy atom. The number of carbonyl (C=O) groups is 4. The number of aromatic nitrogens is 1. The Morgan fingerprint density at radius 2 is 1.88 bits per heavy atom. The molecule has 2 aromatic rings. The molecule has 0 spiro atoms. The number of Topliss-reactive ketones (excluding diaryl/α,β-unsaturated/α-hetero) is 1. The van der Waals surface area contributed by atoms with Crippen LogP contribution in [-0.4, -0.2) is 64.2 Å². The van der Waals surface area contributed by atoms with Crippen molar-refractivity contribution in [3.05, 3.63) is 36.0 Å². The van der Waals surface area contributed by atoms with Gasteiger partial charge in [-0.15, -0.1) is 0 Å². The molecule has 0 aliphatic heterocycles. The van der Waals surface area contributed by atoms with Crippen molar-refractivity contribution in [2.75, 3.05) is 19.6 Å². The van der Waals surface area contributed by atoms with Gasteiger partial charge in [0.15, 0.2) is 0 Å². The summed E-state index contributed by atoms with van der Waals surface area (Å²) in [5, 5.41) is 12.8. The number of amides is 2. The van der Waals surface area contributed by atoms with Crippen LogP contribution in [0.4, 0.5) is 0 Å². The summed E-state index contributed by atoms with van der Waals surface area (Å²) >= 11 is 0. The van der Waals surface area contributed by atoms with Gasteiger partial charge in [-0.1, -0.05) is 37.5 Å². The highest BCUT2D eigenvalue weighted by Crippen LogP contribution is 2.30. The number of carbonyl (C=O) groups excluding carboxylic acids is 3. The minimum atomic E-state index is -1.28. The number of ketones is 1. The van der Waals surface area contributed by atoms with E-state index >= 15 is 0 Å². The van der Waals surface area contributed by atoms with Gasteiger partial charge < -0.3 is 26.0 Å². The molecule has 1 heterocycles. The zero-order valence-electron chi connectivity index (χ0n) is 18.0. The summed E-state index contributed by atoms with van der Waals surface area (Å²) < 4.78 is 0. The van der Waals surface area contributed by atoms with E-state index in [9.17, 15) is 24.3 Å². The number of aliphatic carboxylic acids is 1. The fourth-order valence-corrected chi connectivity index (χ4v) is 4.43. The van der Waals surface area contributed by atoms with Gasteiger partial charge in [-0.05, 0) is 37.8 Å². The lowest BCUT2D eigenvalue weighted by Crippen LogP contribution is -2.56. The summed E-state index contributed by atoms with van der Waals surface area (Å²) in [6.07, 6.45) is 6.20. The minimum Gasteiger partial charge on any atom is -0.480 e. The molecule has 1 aliphatic carbocycles. The average molecular weight is 443 g/mol. The van der Waals surface area contributed by atoms with Gasteiger partial charge in [0.2, 0.25) is 5.91 Å². The van der Waals surface area contributed by atoms with Crippen LogP contribution in [0.15, 0.2) is 30.5 Å². The Balaban J connectivity index is 1.93. The smallest absolute Gasteiger partial charge is 0.323 e. The largest absolute Gasteiger partial charge is 0.480 e. The number of hydrogen-bond acceptors (Lipinski definition) is 5. The lowest BCUT2D eigenvalue weighted by molar-refractivity contribution is -0.148. The molecule has 1 aromatic heterocycles. The first-order valence-corrected chi connectivity index (χ1v) is 11.0. The van der Waals surface area contributed by atoms with Crippen molar-refractivity contribution >= 4 is 34.5 Å². The molecule has 1 aromatic carbocycles. The highest BCUT2D eigenvalue weighted by molar-refractivity contribution is 6.45. The third kappa shape index (κ3) is 5.34. The van der Waals surface area contributed by atoms with Crippen molar-refractivity contribution in [2.24, 2.45) is 11.7 Å². The molecule has 32 heavy (non-hydrogen) atoms. The summed E-state index contributed by atoms with van der Waals surface area (Å²) in [5.74, 6) is -3.74. The number of para-hydroxylation sites is 1. The normalized spacial score (nSPS) is 15.3. The number of benzene rings is 1. The zero-order chi connectivity index (χ0) is 23.1. The van der Waals surface area contributed by atoms with Crippen LogP contribution in [-0.2, 0) is 14.4 Å². The van der Waals surface area contributed by atoms with E-state index in [1.54, 1.807) is 24.3 Å². The summed E-state index contributed by atoms with van der Waals surface area (Å²) in [6, 6.07) is 6.03. The summed E-state index contributed by atoms with van der Waals surface area (Å²) in [7, 11) is 0. The first kappa shape index (κ1) is 23.5. The number of nitrogens with two attached hydrogens (primary N) is 1. The predicted molar refractivity (Wildman–Crippen MR) is 119 cm³/mol. The van der Waals surface area contributed by atoms with Crippen molar-refractivity contribution in [1.82, 2.24) is 15.2 Å². The number of nitrogens with one attached hydrogen (secondary N) is 2. The molecule has 0 saturated heterocycles. The first-order valence-electron chi connectivity index (χ1n) is 11.0. The lowest BCUT2D eigenvalue weighted by Gasteiger charge is -2.36. The van der Waals surface area contributed by atoms with Crippen LogP contribution in [0.1, 0.15) is 48.9 Å². The molecule has 9 nitrogen and oxygen atoms in total. The second-order valence-corrected chi connectivity index (χ2v) is 8.18. The molecule has 1 saturated carbocycles. The molecular weight excluding hydrogens is 412 g/mol. The van der Waals surface area contributed by atoms with E-state index in [4.69, 9.17) is 5.73 Å². The monoisotopic (exact) mass is 442 g/mol. The molecule has 0 radical (unpaired) electrons. The highest BCUT2D eigenvalue weighted by atomic mass is 16.4. The van der Waals surface area contributed by atoms with Crippen LogP contribution in [0.2, 0.25) is 0 Å². The van der Waals surface area contributed by atoms with Crippen LogP contribution < -0.4 is 11.1 Å². The van der Waals surface area contributed by atoms with Gasteiger partial charge >= 0.3 is 5.97 Å². The van der Waals surface area contributed by atoms with Crippen LogP contribution >= 0.6 is 0 Å². The van der Waals surface area contributed by atoms with Crippen LogP contribution in [0.3, 0.4) is 0 Å². The molecular formula is C23H30N4O5. The molecule has 1 fully saturated rings. The number of fused-ring (bicyclic) bond motifs is 1. The quantitative estimate of drug-likeness (QED) is 0.250. The molecule has 1 atom stereocenters. The zero-order valence-corrected chi connectivity index (χ0v) is 18.0. The summed E-state index contributed by atoms with van der Waals surface area (Å²) in [4.78, 5) is 55.2. The molecule has 5 N–H and O–H groups in total. The van der Waals surface area contributed by atoms with Crippen molar-refractivity contribution < 1.29 is 24.3 Å². The van der Waals surface area contributed by atoms with E-state index in [-0.39, 0.29) is 11.5 Å². The number of hydrogen-bond donors (Lipinski definition) is 4. The van der Waals surface area contributed by atoms with E-state index in [0.29, 0.717) is 43.3 Å². The number of rotatable bonds is 10.